The summed E-state index contributed by atoms with van der Waals surface area (Å²) in [7, 11) is 2.40. The maximum Gasteiger partial charge on any atom is 0.355 e. The zero-order chi connectivity index (χ0) is 23.7. The van der Waals surface area contributed by atoms with E-state index in [-0.39, 0.29) is 22.7 Å². The number of fused-ring (bicyclic) bond motifs is 1. The molecule has 1 aromatic heterocycles. The molecular weight excluding hydrogens is 442 g/mol. The first-order chi connectivity index (χ1) is 15.9. The number of hydrogen-bond donors (Lipinski definition) is 2. The van der Waals surface area contributed by atoms with Crippen LogP contribution in [0.5, 0.6) is 0 Å². The molecule has 33 heavy (non-hydrogen) atoms. The van der Waals surface area contributed by atoms with Gasteiger partial charge in [-0.1, -0.05) is 41.7 Å². The molecular formula is C23H19N5O4S. The Balaban J connectivity index is 2.06. The second-order valence-electron chi connectivity index (χ2n) is 7.04. The van der Waals surface area contributed by atoms with Crippen molar-refractivity contribution in [2.45, 2.75) is 5.92 Å². The lowest BCUT2D eigenvalue weighted by atomic mass is 9.81. The van der Waals surface area contributed by atoms with Crippen LogP contribution in [0.15, 0.2) is 71.2 Å². The molecule has 0 amide bonds. The lowest BCUT2D eigenvalue weighted by Gasteiger charge is -2.35. The third-order valence-corrected chi connectivity index (χ3v) is 6.12. The van der Waals surface area contributed by atoms with Crippen LogP contribution in [0.2, 0.25) is 0 Å². The van der Waals surface area contributed by atoms with Gasteiger partial charge in [0.15, 0.2) is 5.13 Å². The summed E-state index contributed by atoms with van der Waals surface area (Å²) in [5.41, 5.74) is 13.8. The Morgan fingerprint density at radius 2 is 1.79 bits per heavy atom. The summed E-state index contributed by atoms with van der Waals surface area (Å²) in [6, 6.07) is 16.1. The van der Waals surface area contributed by atoms with E-state index in [4.69, 9.17) is 20.9 Å². The summed E-state index contributed by atoms with van der Waals surface area (Å²) >= 11 is 1.31. The lowest BCUT2D eigenvalue weighted by Crippen LogP contribution is -2.40. The van der Waals surface area contributed by atoms with Crippen molar-refractivity contribution in [3.05, 3.63) is 76.8 Å². The van der Waals surface area contributed by atoms with Gasteiger partial charge in [-0.05, 0) is 23.8 Å². The zero-order valence-electron chi connectivity index (χ0n) is 17.7. The largest absolute Gasteiger partial charge is 0.466 e. The molecule has 0 fully saturated rings. The lowest BCUT2D eigenvalue weighted by molar-refractivity contribution is -0.139. The van der Waals surface area contributed by atoms with Crippen molar-refractivity contribution in [3.63, 3.8) is 0 Å². The number of nitrogen functional groups attached to an aromatic ring is 1. The van der Waals surface area contributed by atoms with Crippen LogP contribution in [0.25, 0.3) is 10.2 Å². The number of aromatic nitrogens is 1. The van der Waals surface area contributed by atoms with E-state index in [0.29, 0.717) is 21.9 Å². The van der Waals surface area contributed by atoms with Crippen LogP contribution in [0, 0.1) is 11.3 Å². The monoisotopic (exact) mass is 461 g/mol. The molecule has 1 aliphatic heterocycles. The Morgan fingerprint density at radius 3 is 2.42 bits per heavy atom. The van der Waals surface area contributed by atoms with Crippen molar-refractivity contribution in [3.8, 4) is 6.07 Å². The van der Waals surface area contributed by atoms with E-state index < -0.39 is 17.9 Å². The van der Waals surface area contributed by atoms with Crippen LogP contribution >= 0.6 is 11.3 Å². The number of methoxy groups -OCH3 is 2. The molecule has 4 N–H and O–H groups in total. The normalized spacial score (nSPS) is 16.0. The number of thiazole rings is 1. The van der Waals surface area contributed by atoms with Crippen LogP contribution in [0.3, 0.4) is 0 Å². The number of nitrogens with two attached hydrogens (primary N) is 2. The summed E-state index contributed by atoms with van der Waals surface area (Å²) in [6.45, 7) is 0. The van der Waals surface area contributed by atoms with E-state index >= 15 is 0 Å². The SMILES string of the molecule is COC(=O)C1=C(C(=O)OC)N(c2ccc3sc(N)nc3c2)C(N)=C(C#N)C1c1ccccc1. The number of allylic oxidation sites excluding steroid dienone is 1. The second kappa shape index (κ2) is 8.64. The number of carbonyl (C=O) groups excluding carboxylic acids is 2. The molecule has 0 spiro atoms. The van der Waals surface area contributed by atoms with Gasteiger partial charge in [0.2, 0.25) is 0 Å². The fraction of sp³-hybridized carbons (Fsp3) is 0.130. The fourth-order valence-corrected chi connectivity index (χ4v) is 4.57. The van der Waals surface area contributed by atoms with Crippen LogP contribution < -0.4 is 16.4 Å². The Hall–Kier alpha value is -4.36. The molecule has 4 rings (SSSR count). The maximum atomic E-state index is 13.0. The van der Waals surface area contributed by atoms with Crippen molar-refractivity contribution in [2.75, 3.05) is 24.9 Å². The maximum absolute atomic E-state index is 13.0. The number of hydrogen-bond acceptors (Lipinski definition) is 10. The summed E-state index contributed by atoms with van der Waals surface area (Å²) in [5.74, 6) is -2.53. The topological polar surface area (TPSA) is 145 Å². The summed E-state index contributed by atoms with van der Waals surface area (Å²) < 4.78 is 10.9. The van der Waals surface area contributed by atoms with Crippen molar-refractivity contribution in [2.24, 2.45) is 5.73 Å². The second-order valence-corrected chi connectivity index (χ2v) is 8.10. The predicted molar refractivity (Wildman–Crippen MR) is 124 cm³/mol. The molecule has 2 heterocycles. The third-order valence-electron chi connectivity index (χ3n) is 5.26. The molecule has 1 atom stereocenters. The van der Waals surface area contributed by atoms with Gasteiger partial charge in [-0.3, -0.25) is 4.90 Å². The summed E-state index contributed by atoms with van der Waals surface area (Å²) in [5, 5.41) is 10.4. The zero-order valence-corrected chi connectivity index (χ0v) is 18.6. The van der Waals surface area contributed by atoms with E-state index in [1.807, 2.05) is 0 Å². The molecule has 1 unspecified atom stereocenters. The highest BCUT2D eigenvalue weighted by atomic mass is 32.1. The van der Waals surface area contributed by atoms with E-state index in [9.17, 15) is 14.9 Å². The highest BCUT2D eigenvalue weighted by Gasteiger charge is 2.43. The van der Waals surface area contributed by atoms with Crippen molar-refractivity contribution >= 4 is 44.3 Å². The molecule has 9 nitrogen and oxygen atoms in total. The standard InChI is InChI=1S/C23H19N5O4S/c1-31-21(29)18-17(12-6-4-3-5-7-12)14(11-24)20(25)28(19(18)22(30)32-2)13-8-9-16-15(10-13)27-23(26)33-16/h3-10,17H,25H2,1-2H3,(H2,26,27). The van der Waals surface area contributed by atoms with E-state index in [2.05, 4.69) is 11.1 Å². The first kappa shape index (κ1) is 21.9. The minimum atomic E-state index is -0.923. The minimum absolute atomic E-state index is 0.0121. The van der Waals surface area contributed by atoms with Gasteiger partial charge in [0.25, 0.3) is 0 Å². The van der Waals surface area contributed by atoms with Crippen LogP contribution in [-0.4, -0.2) is 31.1 Å². The highest BCUT2D eigenvalue weighted by molar-refractivity contribution is 7.22. The molecule has 0 saturated carbocycles. The Bertz CT molecular complexity index is 1370. The van der Waals surface area contributed by atoms with E-state index in [1.165, 1.54) is 30.5 Å². The number of esters is 2. The Morgan fingerprint density at radius 1 is 1.09 bits per heavy atom. The highest BCUT2D eigenvalue weighted by Crippen LogP contribution is 2.43. The predicted octanol–water partition coefficient (Wildman–Crippen LogP) is 2.78. The summed E-state index contributed by atoms with van der Waals surface area (Å²) in [4.78, 5) is 31.7. The van der Waals surface area contributed by atoms with Gasteiger partial charge >= 0.3 is 11.9 Å². The average Bonchev–Trinajstić information content (AvgIpc) is 3.21. The average molecular weight is 462 g/mol. The minimum Gasteiger partial charge on any atom is -0.466 e. The Kier molecular flexibility index (Phi) is 5.72. The van der Waals surface area contributed by atoms with Gasteiger partial charge in [-0.2, -0.15) is 5.26 Å². The van der Waals surface area contributed by atoms with Crippen LogP contribution in [-0.2, 0) is 19.1 Å². The number of carbonyl (C=O) groups is 2. The number of rotatable bonds is 4. The molecule has 3 aromatic rings. The van der Waals surface area contributed by atoms with Crippen LogP contribution in [0.1, 0.15) is 11.5 Å². The number of benzene rings is 2. The molecule has 2 aromatic carbocycles. The number of ether oxygens (including phenoxy) is 2. The molecule has 0 bridgehead atoms. The smallest absolute Gasteiger partial charge is 0.355 e. The first-order valence-electron chi connectivity index (χ1n) is 9.72. The van der Waals surface area contributed by atoms with Crippen molar-refractivity contribution < 1.29 is 19.1 Å². The van der Waals surface area contributed by atoms with Gasteiger partial charge in [0.05, 0.1) is 53.3 Å². The van der Waals surface area contributed by atoms with E-state index in [1.54, 1.807) is 48.5 Å². The fourth-order valence-electron chi connectivity index (χ4n) is 3.85. The van der Waals surface area contributed by atoms with Gasteiger partial charge in [0.1, 0.15) is 11.5 Å². The van der Waals surface area contributed by atoms with Gasteiger partial charge in [0, 0.05) is 0 Å². The quantitative estimate of drug-likeness (QED) is 0.560. The molecule has 166 valence electrons. The molecule has 1 aliphatic rings. The molecule has 0 aliphatic carbocycles. The third kappa shape index (κ3) is 3.64. The molecule has 0 saturated heterocycles. The molecule has 10 heteroatoms. The molecule has 0 radical (unpaired) electrons. The van der Waals surface area contributed by atoms with Crippen molar-refractivity contribution in [1.29, 1.82) is 5.26 Å². The first-order valence-corrected chi connectivity index (χ1v) is 10.5. The number of anilines is 2. The van der Waals surface area contributed by atoms with Crippen molar-refractivity contribution in [1.82, 2.24) is 4.98 Å². The summed E-state index contributed by atoms with van der Waals surface area (Å²) in [6.07, 6.45) is 0. The van der Waals surface area contributed by atoms with Gasteiger partial charge in [-0.15, -0.1) is 0 Å². The van der Waals surface area contributed by atoms with Crippen LogP contribution in [0.4, 0.5) is 10.8 Å². The van der Waals surface area contributed by atoms with E-state index in [0.717, 1.165) is 4.70 Å². The van der Waals surface area contributed by atoms with Gasteiger partial charge < -0.3 is 20.9 Å². The number of nitrogens with zero attached hydrogens (tertiary/aromatic N) is 3. The number of nitriles is 1. The Labute approximate surface area is 193 Å². The van der Waals surface area contributed by atoms with Gasteiger partial charge in [-0.25, -0.2) is 14.6 Å².